The zero-order chi connectivity index (χ0) is 21.6. The average molecular weight is 440 g/mol. The minimum Gasteiger partial charge on any atom is -0.356 e. The van der Waals surface area contributed by atoms with Crippen molar-refractivity contribution in [2.75, 3.05) is 19.6 Å². The van der Waals surface area contributed by atoms with Crippen LogP contribution in [0, 0.1) is 5.92 Å². The van der Waals surface area contributed by atoms with Crippen molar-refractivity contribution < 1.29 is 18.0 Å². The van der Waals surface area contributed by atoms with Gasteiger partial charge in [-0.2, -0.15) is 4.31 Å². The highest BCUT2D eigenvalue weighted by Crippen LogP contribution is 2.21. The highest BCUT2D eigenvalue weighted by atomic mass is 32.2. The van der Waals surface area contributed by atoms with E-state index in [4.69, 9.17) is 0 Å². The van der Waals surface area contributed by atoms with Gasteiger partial charge in [-0.25, -0.2) is 13.4 Å². The molecule has 1 saturated heterocycles. The van der Waals surface area contributed by atoms with Crippen LogP contribution < -0.4 is 10.6 Å². The van der Waals surface area contributed by atoms with E-state index in [0.717, 1.165) is 25.7 Å². The molecule has 2 N–H and O–H groups in total. The SMILES string of the molecule is Cn1cnc(S(=O)(=O)N2CCCC(C(=O)NC3CCCCC3)CCNC(=O)CC2)c1. The number of hydrogen-bond donors (Lipinski definition) is 2. The molecule has 2 heterocycles. The first-order chi connectivity index (χ1) is 14.4. The van der Waals surface area contributed by atoms with Crippen molar-refractivity contribution >= 4 is 21.8 Å². The molecule has 0 radical (unpaired) electrons. The van der Waals surface area contributed by atoms with Crippen LogP contribution in [-0.4, -0.2) is 59.8 Å². The van der Waals surface area contributed by atoms with Crippen molar-refractivity contribution in [3.05, 3.63) is 12.5 Å². The molecule has 1 atom stereocenters. The lowest BCUT2D eigenvalue weighted by atomic mass is 9.93. The molecular weight excluding hydrogens is 406 g/mol. The van der Waals surface area contributed by atoms with Gasteiger partial charge in [0.2, 0.25) is 11.8 Å². The zero-order valence-corrected chi connectivity index (χ0v) is 18.5. The van der Waals surface area contributed by atoms with E-state index in [1.807, 2.05) is 0 Å². The molecule has 1 saturated carbocycles. The fourth-order valence-corrected chi connectivity index (χ4v) is 5.64. The molecule has 2 fully saturated rings. The van der Waals surface area contributed by atoms with E-state index in [0.29, 0.717) is 25.8 Å². The zero-order valence-electron chi connectivity index (χ0n) is 17.7. The maximum atomic E-state index is 13.0. The van der Waals surface area contributed by atoms with Crippen LogP contribution in [0.5, 0.6) is 0 Å². The molecule has 1 aromatic heterocycles. The monoisotopic (exact) mass is 439 g/mol. The van der Waals surface area contributed by atoms with E-state index in [1.54, 1.807) is 11.6 Å². The Hall–Kier alpha value is -1.94. The predicted octanol–water partition coefficient (Wildman–Crippen LogP) is 1.17. The van der Waals surface area contributed by atoms with Gasteiger partial charge in [0, 0.05) is 51.3 Å². The second-order valence-corrected chi connectivity index (χ2v) is 10.2. The first kappa shape index (κ1) is 22.7. The summed E-state index contributed by atoms with van der Waals surface area (Å²) < 4.78 is 28.8. The summed E-state index contributed by atoms with van der Waals surface area (Å²) in [5.74, 6) is -0.413. The van der Waals surface area contributed by atoms with E-state index < -0.39 is 10.0 Å². The lowest BCUT2D eigenvalue weighted by Gasteiger charge is -2.26. The molecule has 168 valence electrons. The molecule has 1 aromatic rings. The Balaban J connectivity index is 1.66. The topological polar surface area (TPSA) is 113 Å². The molecule has 30 heavy (non-hydrogen) atoms. The summed E-state index contributed by atoms with van der Waals surface area (Å²) in [4.78, 5) is 29.0. The third kappa shape index (κ3) is 6.04. The van der Waals surface area contributed by atoms with Crippen molar-refractivity contribution in [2.24, 2.45) is 13.0 Å². The smallest absolute Gasteiger partial charge is 0.262 e. The Labute approximate surface area is 178 Å². The predicted molar refractivity (Wildman–Crippen MR) is 112 cm³/mol. The van der Waals surface area contributed by atoms with Crippen molar-refractivity contribution in [2.45, 2.75) is 68.9 Å². The number of sulfonamides is 1. The van der Waals surface area contributed by atoms with Crippen LogP contribution in [0.4, 0.5) is 0 Å². The van der Waals surface area contributed by atoms with Crippen LogP contribution in [0.25, 0.3) is 0 Å². The number of hydrogen-bond acceptors (Lipinski definition) is 5. The Morgan fingerprint density at radius 3 is 2.60 bits per heavy atom. The van der Waals surface area contributed by atoms with Crippen LogP contribution in [0.1, 0.15) is 57.8 Å². The minimum atomic E-state index is -3.78. The lowest BCUT2D eigenvalue weighted by Crippen LogP contribution is -2.41. The molecule has 0 aromatic carbocycles. The van der Waals surface area contributed by atoms with Crippen LogP contribution in [0.2, 0.25) is 0 Å². The first-order valence-electron chi connectivity index (χ1n) is 10.9. The average Bonchev–Trinajstić information content (AvgIpc) is 3.14. The molecule has 2 amide bonds. The molecule has 1 unspecified atom stereocenters. The highest BCUT2D eigenvalue weighted by molar-refractivity contribution is 7.89. The minimum absolute atomic E-state index is 0.0214. The maximum Gasteiger partial charge on any atom is 0.262 e. The summed E-state index contributed by atoms with van der Waals surface area (Å²) >= 11 is 0. The maximum absolute atomic E-state index is 13.0. The molecule has 1 aliphatic carbocycles. The Kier molecular flexibility index (Phi) is 7.87. The van der Waals surface area contributed by atoms with Gasteiger partial charge in [-0.3, -0.25) is 9.59 Å². The van der Waals surface area contributed by atoms with Gasteiger partial charge in [-0.1, -0.05) is 19.3 Å². The number of carbonyl (C=O) groups is 2. The number of imidazole rings is 1. The van der Waals surface area contributed by atoms with Gasteiger partial charge in [0.05, 0.1) is 6.33 Å². The summed E-state index contributed by atoms with van der Waals surface area (Å²) in [6, 6.07) is 0.236. The molecular formula is C20H33N5O4S. The molecule has 10 heteroatoms. The molecule has 9 nitrogen and oxygen atoms in total. The van der Waals surface area contributed by atoms with Crippen molar-refractivity contribution in [1.82, 2.24) is 24.5 Å². The normalized spacial score (nSPS) is 23.4. The van der Waals surface area contributed by atoms with Crippen LogP contribution in [0.3, 0.4) is 0 Å². The summed E-state index contributed by atoms with van der Waals surface area (Å²) in [6.45, 7) is 0.789. The van der Waals surface area contributed by atoms with Crippen molar-refractivity contribution in [3.8, 4) is 0 Å². The molecule has 0 bridgehead atoms. The number of carbonyl (C=O) groups excluding carboxylic acids is 2. The molecule has 3 rings (SSSR count). The molecule has 1 aliphatic heterocycles. The van der Waals surface area contributed by atoms with E-state index in [1.165, 1.54) is 23.3 Å². The number of amides is 2. The van der Waals surface area contributed by atoms with E-state index >= 15 is 0 Å². The Bertz CT molecular complexity index is 832. The summed E-state index contributed by atoms with van der Waals surface area (Å²) in [7, 11) is -2.07. The van der Waals surface area contributed by atoms with Gasteiger partial charge in [0.1, 0.15) is 0 Å². The summed E-state index contributed by atoms with van der Waals surface area (Å²) in [5, 5.41) is 5.98. The van der Waals surface area contributed by atoms with Gasteiger partial charge < -0.3 is 15.2 Å². The van der Waals surface area contributed by atoms with E-state index in [9.17, 15) is 18.0 Å². The second-order valence-electron chi connectivity index (χ2n) is 8.35. The summed E-state index contributed by atoms with van der Waals surface area (Å²) in [5.41, 5.74) is 0. The van der Waals surface area contributed by atoms with Gasteiger partial charge >= 0.3 is 0 Å². The second kappa shape index (κ2) is 10.4. The number of nitrogens with one attached hydrogen (secondary N) is 2. The Morgan fingerprint density at radius 2 is 1.90 bits per heavy atom. The standard InChI is InChI=1S/C20H33N5O4S/c1-24-14-19(22-15-24)30(28,29)25-12-5-6-16(9-11-21-18(26)10-13-25)20(27)23-17-7-3-2-4-8-17/h14-17H,2-13H2,1H3,(H,21,26)(H,23,27). The quantitative estimate of drug-likeness (QED) is 0.731. The fourth-order valence-electron chi connectivity index (χ4n) is 4.19. The Morgan fingerprint density at radius 1 is 1.13 bits per heavy atom. The van der Waals surface area contributed by atoms with Crippen molar-refractivity contribution in [1.29, 1.82) is 0 Å². The molecule has 0 spiro atoms. The van der Waals surface area contributed by atoms with Gasteiger partial charge in [-0.15, -0.1) is 0 Å². The summed E-state index contributed by atoms with van der Waals surface area (Å²) in [6.07, 6.45) is 10.3. The van der Waals surface area contributed by atoms with Gasteiger partial charge in [0.15, 0.2) is 5.03 Å². The van der Waals surface area contributed by atoms with Crippen LogP contribution in [-0.2, 0) is 26.7 Å². The van der Waals surface area contributed by atoms with Crippen molar-refractivity contribution in [3.63, 3.8) is 0 Å². The van der Waals surface area contributed by atoms with Gasteiger partial charge in [0.25, 0.3) is 10.0 Å². The van der Waals surface area contributed by atoms with Gasteiger partial charge in [-0.05, 0) is 32.1 Å². The fraction of sp³-hybridized carbons (Fsp3) is 0.750. The number of rotatable bonds is 4. The molecule has 2 aliphatic rings. The van der Waals surface area contributed by atoms with E-state index in [-0.39, 0.29) is 48.3 Å². The number of aromatic nitrogens is 2. The highest BCUT2D eigenvalue weighted by Gasteiger charge is 2.29. The lowest BCUT2D eigenvalue weighted by molar-refractivity contribution is -0.127. The van der Waals surface area contributed by atoms with Crippen LogP contribution >= 0.6 is 0 Å². The first-order valence-corrected chi connectivity index (χ1v) is 12.4. The number of aryl methyl sites for hydroxylation is 1. The van der Waals surface area contributed by atoms with Crippen LogP contribution in [0.15, 0.2) is 17.6 Å². The third-order valence-corrected chi connectivity index (χ3v) is 7.76. The third-order valence-electron chi connectivity index (χ3n) is 5.97. The largest absolute Gasteiger partial charge is 0.356 e. The van der Waals surface area contributed by atoms with E-state index in [2.05, 4.69) is 15.6 Å². The number of nitrogens with zero attached hydrogens (tertiary/aromatic N) is 3.